The van der Waals surface area contributed by atoms with Gasteiger partial charge in [-0.1, -0.05) is 29.8 Å². The predicted molar refractivity (Wildman–Crippen MR) is 86.6 cm³/mol. The molecule has 6 heteroatoms. The number of hydrogen-bond donors (Lipinski definition) is 2. The Labute approximate surface area is 137 Å². The number of fused-ring (bicyclic) bond motifs is 1. The first-order chi connectivity index (χ1) is 11.0. The molecule has 1 amide bonds. The van der Waals surface area contributed by atoms with E-state index in [1.807, 2.05) is 31.2 Å². The molecule has 0 atom stereocenters. The summed E-state index contributed by atoms with van der Waals surface area (Å²) in [5, 5.41) is 19.1. The highest BCUT2D eigenvalue weighted by molar-refractivity contribution is 8.03. The number of ether oxygens (including phenoxy) is 1. The largest absolute Gasteiger partial charge is 0.508 e. The molecule has 0 unspecified atom stereocenters. The van der Waals surface area contributed by atoms with Gasteiger partial charge in [0.1, 0.15) is 17.6 Å². The smallest absolute Gasteiger partial charge is 0.263 e. The number of thioether (sulfide) groups is 1. The first-order valence-corrected chi connectivity index (χ1v) is 7.55. The number of primary amides is 1. The maximum absolute atomic E-state index is 11.3. The molecule has 5 nitrogen and oxygen atoms in total. The van der Waals surface area contributed by atoms with Crippen molar-refractivity contribution in [3.05, 3.63) is 52.6 Å². The number of rotatable bonds is 2. The maximum Gasteiger partial charge on any atom is 0.263 e. The van der Waals surface area contributed by atoms with Gasteiger partial charge in [0.2, 0.25) is 0 Å². The van der Waals surface area contributed by atoms with Gasteiger partial charge in [0.25, 0.3) is 5.91 Å². The number of carbonyl (C=O) groups is 1. The molecule has 0 saturated carbocycles. The number of aryl methyl sites for hydroxylation is 1. The fourth-order valence-electron chi connectivity index (χ4n) is 2.23. The molecule has 0 bridgehead atoms. The Balaban J connectivity index is 2.14. The van der Waals surface area contributed by atoms with E-state index < -0.39 is 5.91 Å². The van der Waals surface area contributed by atoms with Gasteiger partial charge < -0.3 is 15.6 Å². The third-order valence-electron chi connectivity index (χ3n) is 3.36. The predicted octanol–water partition coefficient (Wildman–Crippen LogP) is 3.07. The Morgan fingerprint density at radius 2 is 2.00 bits per heavy atom. The lowest BCUT2D eigenvalue weighted by Gasteiger charge is -2.08. The van der Waals surface area contributed by atoms with Crippen LogP contribution in [-0.2, 0) is 4.79 Å². The van der Waals surface area contributed by atoms with Crippen molar-refractivity contribution in [1.29, 1.82) is 5.26 Å². The minimum Gasteiger partial charge on any atom is -0.508 e. The number of aromatic hydroxyl groups is 1. The number of hydrogen-bond acceptors (Lipinski definition) is 5. The van der Waals surface area contributed by atoms with Crippen LogP contribution in [0.25, 0.3) is 11.1 Å². The van der Waals surface area contributed by atoms with Crippen LogP contribution in [0.1, 0.15) is 5.56 Å². The number of carbonyl (C=O) groups excluding carboxylic acids is 1. The SMILES string of the molecule is Cc1ccc(-c2cc(O)cc3c2O/C(=C(\C#N)C(N)=O)S3)cc1. The van der Waals surface area contributed by atoms with E-state index >= 15 is 0 Å². The van der Waals surface area contributed by atoms with Gasteiger partial charge in [-0.2, -0.15) is 5.26 Å². The van der Waals surface area contributed by atoms with Gasteiger partial charge in [-0.05, 0) is 36.4 Å². The van der Waals surface area contributed by atoms with Gasteiger partial charge in [-0.25, -0.2) is 0 Å². The first-order valence-electron chi connectivity index (χ1n) is 6.73. The van der Waals surface area contributed by atoms with Crippen molar-refractivity contribution in [2.24, 2.45) is 5.73 Å². The standard InChI is InChI=1S/C17H12N2O3S/c1-9-2-4-10(5-3-9)12-6-11(20)7-14-15(12)22-17(23-14)13(8-18)16(19)21/h2-7,20H,1H3,(H2,19,21)/b17-13-. The van der Waals surface area contributed by atoms with Crippen LogP contribution in [0, 0.1) is 18.3 Å². The lowest BCUT2D eigenvalue weighted by molar-refractivity contribution is -0.114. The van der Waals surface area contributed by atoms with Crippen LogP contribution in [-0.4, -0.2) is 11.0 Å². The Morgan fingerprint density at radius 1 is 1.30 bits per heavy atom. The second kappa shape index (κ2) is 5.71. The molecule has 2 aromatic carbocycles. The third kappa shape index (κ3) is 2.74. The van der Waals surface area contributed by atoms with E-state index in [0.717, 1.165) is 22.9 Å². The topological polar surface area (TPSA) is 96.3 Å². The minimum atomic E-state index is -0.844. The molecule has 0 spiro atoms. The summed E-state index contributed by atoms with van der Waals surface area (Å²) in [6.07, 6.45) is 0. The molecule has 2 aromatic rings. The quantitative estimate of drug-likeness (QED) is 0.653. The molecule has 1 aliphatic rings. The lowest BCUT2D eigenvalue weighted by Crippen LogP contribution is -2.15. The van der Waals surface area contributed by atoms with Crippen molar-refractivity contribution in [3.8, 4) is 28.7 Å². The summed E-state index contributed by atoms with van der Waals surface area (Å²) in [5.74, 6) is -0.265. The van der Waals surface area contributed by atoms with Crippen LogP contribution in [0.15, 0.2) is 52.0 Å². The molecule has 23 heavy (non-hydrogen) atoms. The average molecular weight is 324 g/mol. The Morgan fingerprint density at radius 3 is 2.61 bits per heavy atom. The Kier molecular flexibility index (Phi) is 3.72. The van der Waals surface area contributed by atoms with Crippen LogP contribution in [0.2, 0.25) is 0 Å². The van der Waals surface area contributed by atoms with Crippen molar-refractivity contribution in [2.75, 3.05) is 0 Å². The molecular weight excluding hydrogens is 312 g/mol. The summed E-state index contributed by atoms with van der Waals surface area (Å²) in [7, 11) is 0. The van der Waals surface area contributed by atoms with Gasteiger partial charge in [-0.15, -0.1) is 0 Å². The number of phenolic OH excluding ortho intramolecular Hbond substituents is 1. The number of amides is 1. The van der Waals surface area contributed by atoms with E-state index in [4.69, 9.17) is 15.7 Å². The van der Waals surface area contributed by atoms with E-state index in [1.54, 1.807) is 12.1 Å². The highest BCUT2D eigenvalue weighted by Gasteiger charge is 2.28. The van der Waals surface area contributed by atoms with Gasteiger partial charge in [-0.3, -0.25) is 4.79 Å². The van der Waals surface area contributed by atoms with E-state index in [1.165, 1.54) is 6.07 Å². The Hall–Kier alpha value is -2.91. The van der Waals surface area contributed by atoms with Gasteiger partial charge in [0, 0.05) is 5.56 Å². The zero-order chi connectivity index (χ0) is 16.6. The highest BCUT2D eigenvalue weighted by Crippen LogP contribution is 2.50. The fourth-order valence-corrected chi connectivity index (χ4v) is 3.23. The van der Waals surface area contributed by atoms with Crippen LogP contribution in [0.4, 0.5) is 0 Å². The average Bonchev–Trinajstić information content (AvgIpc) is 2.90. The molecule has 0 aromatic heterocycles. The van der Waals surface area contributed by atoms with E-state index in [0.29, 0.717) is 16.2 Å². The Bertz CT molecular complexity index is 880. The molecule has 0 radical (unpaired) electrons. The number of phenols is 1. The monoisotopic (exact) mass is 324 g/mol. The van der Waals surface area contributed by atoms with Gasteiger partial charge in [0.05, 0.1) is 4.90 Å². The van der Waals surface area contributed by atoms with Crippen molar-refractivity contribution in [1.82, 2.24) is 0 Å². The van der Waals surface area contributed by atoms with Crippen molar-refractivity contribution in [3.63, 3.8) is 0 Å². The van der Waals surface area contributed by atoms with Crippen LogP contribution in [0.5, 0.6) is 11.5 Å². The van der Waals surface area contributed by atoms with Crippen molar-refractivity contribution in [2.45, 2.75) is 11.8 Å². The lowest BCUT2D eigenvalue weighted by atomic mass is 10.0. The highest BCUT2D eigenvalue weighted by atomic mass is 32.2. The summed E-state index contributed by atoms with van der Waals surface area (Å²) in [5.41, 5.74) is 7.62. The number of benzene rings is 2. The van der Waals surface area contributed by atoms with Crippen LogP contribution >= 0.6 is 11.8 Å². The molecule has 3 N–H and O–H groups in total. The van der Waals surface area contributed by atoms with Gasteiger partial charge in [0.15, 0.2) is 10.7 Å². The summed E-state index contributed by atoms with van der Waals surface area (Å²) in [6.45, 7) is 1.98. The fraction of sp³-hybridized carbons (Fsp3) is 0.0588. The zero-order valence-corrected chi connectivity index (χ0v) is 13.0. The van der Waals surface area contributed by atoms with Crippen molar-refractivity contribution >= 4 is 17.7 Å². The molecule has 0 aliphatic carbocycles. The van der Waals surface area contributed by atoms with Crippen molar-refractivity contribution < 1.29 is 14.6 Å². The number of nitriles is 1. The normalized spacial score (nSPS) is 14.6. The summed E-state index contributed by atoms with van der Waals surface area (Å²) < 4.78 is 5.70. The molecule has 3 rings (SSSR count). The molecular formula is C17H12N2O3S. The molecule has 114 valence electrons. The van der Waals surface area contributed by atoms with E-state index in [-0.39, 0.29) is 16.4 Å². The van der Waals surface area contributed by atoms with E-state index in [9.17, 15) is 9.90 Å². The van der Waals surface area contributed by atoms with Gasteiger partial charge >= 0.3 is 0 Å². The molecule has 1 aliphatic heterocycles. The van der Waals surface area contributed by atoms with Crippen LogP contribution in [0.3, 0.4) is 0 Å². The van der Waals surface area contributed by atoms with E-state index in [2.05, 4.69) is 0 Å². The summed E-state index contributed by atoms with van der Waals surface area (Å²) >= 11 is 1.10. The molecule has 0 saturated heterocycles. The molecule has 0 fully saturated rings. The first kappa shape index (κ1) is 15.0. The molecule has 1 heterocycles. The number of nitrogens with zero attached hydrogens (tertiary/aromatic N) is 1. The van der Waals surface area contributed by atoms with Crippen LogP contribution < -0.4 is 10.5 Å². The summed E-state index contributed by atoms with van der Waals surface area (Å²) in [4.78, 5) is 12.0. The second-order valence-electron chi connectivity index (χ2n) is 5.03. The third-order valence-corrected chi connectivity index (χ3v) is 4.36. The number of nitrogens with two attached hydrogens (primary N) is 1. The maximum atomic E-state index is 11.3. The minimum absolute atomic E-state index is 0.0780. The summed E-state index contributed by atoms with van der Waals surface area (Å²) in [6, 6.07) is 12.6. The zero-order valence-electron chi connectivity index (χ0n) is 12.2. The second-order valence-corrected chi connectivity index (χ2v) is 6.04.